The standard InChI is InChI=1S/C32H41ClN8O6/c1-4-5-11-27-35-30(33)29(32(43)34-24(18-21(2)3)20-46-28(42)12-8-17-47-41(44)45)40(27)19-22-13-15-23(16-14-22)25-9-6-7-10-26(25)31-36-38-39-37-31/h6-7,9-10,13-16,21,24,44-45H,4-5,8,11-12,17-20H2,1-3H3,(H,34,43)(H,36,37,38,39). The van der Waals surface area contributed by atoms with E-state index in [4.69, 9.17) is 26.8 Å². The average molecular weight is 669 g/mol. The Morgan fingerprint density at radius 1 is 1.09 bits per heavy atom. The topological polar surface area (TPSA) is 181 Å². The number of aryl methyl sites for hydroxylation is 1. The van der Waals surface area contributed by atoms with Crippen LogP contribution >= 0.6 is 11.6 Å². The quantitative estimate of drug-likeness (QED) is 0.0617. The molecule has 1 unspecified atom stereocenters. The van der Waals surface area contributed by atoms with Crippen molar-refractivity contribution in [3.8, 4) is 22.5 Å². The van der Waals surface area contributed by atoms with Gasteiger partial charge in [-0.25, -0.2) is 4.98 Å². The summed E-state index contributed by atoms with van der Waals surface area (Å²) in [5.74, 6) is 0.527. The number of benzene rings is 2. The molecule has 2 aromatic carbocycles. The minimum atomic E-state index is -0.493. The number of unbranched alkanes of at least 4 members (excludes halogenated alkanes) is 1. The molecule has 0 aliphatic carbocycles. The van der Waals surface area contributed by atoms with Gasteiger partial charge in [0, 0.05) is 24.9 Å². The molecular formula is C32H41ClN8O6. The highest BCUT2D eigenvalue weighted by atomic mass is 35.5. The van der Waals surface area contributed by atoms with E-state index in [2.05, 4.69) is 42.7 Å². The number of hydrogen-bond donors (Lipinski definition) is 4. The van der Waals surface area contributed by atoms with Crippen LogP contribution in [0, 0.1) is 5.92 Å². The van der Waals surface area contributed by atoms with Gasteiger partial charge in [-0.1, -0.05) is 87.3 Å². The molecule has 47 heavy (non-hydrogen) atoms. The number of aromatic nitrogens is 6. The van der Waals surface area contributed by atoms with Crippen LogP contribution in [0.4, 0.5) is 0 Å². The van der Waals surface area contributed by atoms with Crippen molar-refractivity contribution in [3.63, 3.8) is 0 Å². The van der Waals surface area contributed by atoms with E-state index in [9.17, 15) is 9.59 Å². The van der Waals surface area contributed by atoms with E-state index in [-0.39, 0.29) is 42.8 Å². The second-order valence-corrected chi connectivity index (χ2v) is 11.9. The summed E-state index contributed by atoms with van der Waals surface area (Å²) < 4.78 is 7.29. The normalized spacial score (nSPS) is 12.1. The summed E-state index contributed by atoms with van der Waals surface area (Å²) in [6.07, 6.45) is 3.28. The van der Waals surface area contributed by atoms with Gasteiger partial charge in [0.05, 0.1) is 18.0 Å². The average Bonchev–Trinajstić information content (AvgIpc) is 3.69. The van der Waals surface area contributed by atoms with Crippen LogP contribution in [-0.4, -0.2) is 77.1 Å². The van der Waals surface area contributed by atoms with Crippen molar-refractivity contribution < 1.29 is 29.6 Å². The van der Waals surface area contributed by atoms with Crippen molar-refractivity contribution in [2.45, 2.75) is 71.9 Å². The number of hydrogen-bond acceptors (Lipinski definition) is 11. The number of nitrogens with zero attached hydrogens (tertiary/aromatic N) is 6. The fourth-order valence-electron chi connectivity index (χ4n) is 5.18. The van der Waals surface area contributed by atoms with Crippen molar-refractivity contribution in [1.82, 2.24) is 40.9 Å². The van der Waals surface area contributed by atoms with Crippen molar-refractivity contribution in [2.75, 3.05) is 13.2 Å². The van der Waals surface area contributed by atoms with Crippen LogP contribution in [0.3, 0.4) is 0 Å². The van der Waals surface area contributed by atoms with Crippen molar-refractivity contribution >= 4 is 23.5 Å². The molecule has 4 rings (SSSR count). The third-order valence-corrected chi connectivity index (χ3v) is 7.62. The highest BCUT2D eigenvalue weighted by Crippen LogP contribution is 2.30. The van der Waals surface area contributed by atoms with Gasteiger partial charge in [0.2, 0.25) is 5.82 Å². The first kappa shape index (κ1) is 35.6. The first-order valence-electron chi connectivity index (χ1n) is 15.6. The number of nitrogens with one attached hydrogen (secondary N) is 2. The minimum Gasteiger partial charge on any atom is -0.463 e. The molecular weight excluding hydrogens is 628 g/mol. The largest absolute Gasteiger partial charge is 0.463 e. The Bertz CT molecular complexity index is 1580. The predicted molar refractivity (Wildman–Crippen MR) is 172 cm³/mol. The number of ether oxygens (including phenoxy) is 1. The number of esters is 1. The van der Waals surface area contributed by atoms with E-state index < -0.39 is 23.3 Å². The number of carbonyl (C=O) groups is 2. The van der Waals surface area contributed by atoms with Gasteiger partial charge in [0.15, 0.2) is 5.15 Å². The second kappa shape index (κ2) is 17.6. The lowest BCUT2D eigenvalue weighted by atomic mass is 9.98. The molecule has 1 amide bonds. The maximum Gasteiger partial charge on any atom is 0.305 e. The Balaban J connectivity index is 1.51. The molecule has 0 radical (unpaired) electrons. The Hall–Kier alpha value is -4.21. The predicted octanol–water partition coefficient (Wildman–Crippen LogP) is 5.25. The van der Waals surface area contributed by atoms with E-state index in [0.717, 1.165) is 35.1 Å². The lowest BCUT2D eigenvalue weighted by Crippen LogP contribution is -2.40. The molecule has 4 aromatic rings. The zero-order chi connectivity index (χ0) is 33.8. The molecule has 0 saturated carbocycles. The van der Waals surface area contributed by atoms with Crippen LogP contribution < -0.4 is 5.32 Å². The van der Waals surface area contributed by atoms with Gasteiger partial charge in [-0.3, -0.25) is 24.8 Å². The van der Waals surface area contributed by atoms with Crippen LogP contribution in [-0.2, 0) is 27.3 Å². The third-order valence-electron chi connectivity index (χ3n) is 7.36. The zero-order valence-electron chi connectivity index (χ0n) is 26.7. The summed E-state index contributed by atoms with van der Waals surface area (Å²) in [5.41, 5.74) is 3.99. The molecule has 0 fully saturated rings. The number of carbonyl (C=O) groups excluding carboxylic acids is 2. The molecule has 252 valence electrons. The van der Waals surface area contributed by atoms with Crippen LogP contribution in [0.25, 0.3) is 22.5 Å². The summed E-state index contributed by atoms with van der Waals surface area (Å²) in [6, 6.07) is 15.4. The maximum absolute atomic E-state index is 13.8. The van der Waals surface area contributed by atoms with Crippen molar-refractivity contribution in [2.24, 2.45) is 5.92 Å². The molecule has 0 aliphatic heterocycles. The molecule has 0 spiro atoms. The molecule has 0 bridgehead atoms. The molecule has 0 saturated heterocycles. The highest BCUT2D eigenvalue weighted by Gasteiger charge is 2.25. The van der Waals surface area contributed by atoms with Crippen molar-refractivity contribution in [3.05, 3.63) is 70.8 Å². The number of imidazole rings is 1. The maximum atomic E-state index is 13.8. The number of aromatic amines is 1. The smallest absolute Gasteiger partial charge is 0.305 e. The molecule has 0 aliphatic rings. The molecule has 1 atom stereocenters. The minimum absolute atomic E-state index is 0.0110. The second-order valence-electron chi connectivity index (χ2n) is 11.5. The van der Waals surface area contributed by atoms with Gasteiger partial charge in [-0.15, -0.1) is 10.2 Å². The van der Waals surface area contributed by atoms with Crippen LogP contribution in [0.2, 0.25) is 5.15 Å². The number of halogens is 1. The Labute approximate surface area is 277 Å². The lowest BCUT2D eigenvalue weighted by Gasteiger charge is -2.21. The van der Waals surface area contributed by atoms with Gasteiger partial charge >= 0.3 is 5.97 Å². The first-order chi connectivity index (χ1) is 22.7. The summed E-state index contributed by atoms with van der Waals surface area (Å²) in [5, 5.41) is 34.4. The molecule has 14 nitrogen and oxygen atoms in total. The number of tetrazole rings is 1. The van der Waals surface area contributed by atoms with Gasteiger partial charge in [0.1, 0.15) is 18.1 Å². The van der Waals surface area contributed by atoms with E-state index in [1.165, 1.54) is 0 Å². The fraction of sp³-hybridized carbons (Fsp3) is 0.438. The first-order valence-corrected chi connectivity index (χ1v) is 16.0. The number of H-pyrrole nitrogens is 1. The third kappa shape index (κ3) is 10.4. The zero-order valence-corrected chi connectivity index (χ0v) is 27.5. The monoisotopic (exact) mass is 668 g/mol. The lowest BCUT2D eigenvalue weighted by molar-refractivity contribution is -0.492. The SMILES string of the molecule is CCCCc1nc(Cl)c(C(=O)NC(COC(=O)CCCON(O)O)CC(C)C)n1Cc1ccc(-c2ccccc2-c2nn[nH]n2)cc1. The summed E-state index contributed by atoms with van der Waals surface area (Å²) in [6.45, 7) is 6.38. The fourth-order valence-corrected chi connectivity index (χ4v) is 5.46. The van der Waals surface area contributed by atoms with Gasteiger partial charge < -0.3 is 14.6 Å². The van der Waals surface area contributed by atoms with E-state index >= 15 is 0 Å². The summed E-state index contributed by atoms with van der Waals surface area (Å²) >= 11 is 6.62. The summed E-state index contributed by atoms with van der Waals surface area (Å²) in [7, 11) is 0. The molecule has 2 aromatic heterocycles. The van der Waals surface area contributed by atoms with Gasteiger partial charge in [0.25, 0.3) is 5.91 Å². The van der Waals surface area contributed by atoms with Gasteiger partial charge in [-0.05, 0) is 47.1 Å². The van der Waals surface area contributed by atoms with Gasteiger partial charge in [-0.2, -0.15) is 5.21 Å². The Morgan fingerprint density at radius 2 is 1.83 bits per heavy atom. The molecule has 2 heterocycles. The van der Waals surface area contributed by atoms with Crippen LogP contribution in [0.5, 0.6) is 0 Å². The van der Waals surface area contributed by atoms with E-state index in [1.54, 1.807) is 0 Å². The van der Waals surface area contributed by atoms with Crippen molar-refractivity contribution in [1.29, 1.82) is 0 Å². The Kier molecular flexibility index (Phi) is 13.4. The van der Waals surface area contributed by atoms with E-state index in [1.807, 2.05) is 66.9 Å². The molecule has 4 N–H and O–H groups in total. The van der Waals surface area contributed by atoms with E-state index in [0.29, 0.717) is 31.0 Å². The Morgan fingerprint density at radius 3 is 2.49 bits per heavy atom. The van der Waals surface area contributed by atoms with Crippen LogP contribution in [0.1, 0.15) is 74.8 Å². The summed E-state index contributed by atoms with van der Waals surface area (Å²) in [4.78, 5) is 35.1. The van der Waals surface area contributed by atoms with Crippen LogP contribution in [0.15, 0.2) is 48.5 Å². The number of amides is 1. The number of rotatable bonds is 18. The highest BCUT2D eigenvalue weighted by molar-refractivity contribution is 6.32. The molecule has 15 heteroatoms.